The highest BCUT2D eigenvalue weighted by Gasteiger charge is 2.34. The number of nitrogens with zero attached hydrogens (tertiary/aromatic N) is 4. The van der Waals surface area contributed by atoms with Crippen molar-refractivity contribution < 1.29 is 14.7 Å². The Morgan fingerprint density at radius 2 is 1.56 bits per heavy atom. The van der Waals surface area contributed by atoms with Crippen molar-refractivity contribution in [2.45, 2.75) is 26.2 Å². The first kappa shape index (κ1) is 21.8. The molecule has 0 spiro atoms. The number of aromatic hydroxyl groups is 1. The van der Waals surface area contributed by atoms with Gasteiger partial charge in [-0.1, -0.05) is 39.0 Å². The Morgan fingerprint density at radius 1 is 0.833 bits per heavy atom. The van der Waals surface area contributed by atoms with Crippen LogP contribution in [0.25, 0.3) is 27.5 Å². The molecule has 0 aliphatic carbocycles. The van der Waals surface area contributed by atoms with E-state index in [1.54, 1.807) is 48.5 Å². The number of aromatic nitrogens is 3. The molecular weight excluding hydrogens is 454 g/mol. The quantitative estimate of drug-likeness (QED) is 0.274. The maximum atomic E-state index is 13.5. The SMILES string of the molecule is CC(C)(C)c1ccc(O)c(-n2nc3ccc(N4C(=O)c5cccc6c(N)ccc(c56)C4=O)cc3n2)c1. The van der Waals surface area contributed by atoms with Gasteiger partial charge in [-0.25, -0.2) is 4.90 Å². The number of anilines is 2. The maximum absolute atomic E-state index is 13.5. The van der Waals surface area contributed by atoms with Crippen LogP contribution in [-0.2, 0) is 5.41 Å². The Kier molecular flexibility index (Phi) is 4.47. The summed E-state index contributed by atoms with van der Waals surface area (Å²) in [6.45, 7) is 6.26. The molecule has 3 N–H and O–H groups in total. The zero-order valence-electron chi connectivity index (χ0n) is 20.0. The molecule has 1 aliphatic heterocycles. The molecule has 5 aromatic rings. The van der Waals surface area contributed by atoms with E-state index >= 15 is 0 Å². The van der Waals surface area contributed by atoms with Crippen molar-refractivity contribution in [1.29, 1.82) is 0 Å². The molecule has 0 atom stereocenters. The van der Waals surface area contributed by atoms with Gasteiger partial charge in [0.05, 0.1) is 5.69 Å². The lowest BCUT2D eigenvalue weighted by Gasteiger charge is -2.27. The van der Waals surface area contributed by atoms with Crippen molar-refractivity contribution in [1.82, 2.24) is 15.0 Å². The third kappa shape index (κ3) is 3.15. The number of nitrogen functional groups attached to an aromatic ring is 1. The lowest BCUT2D eigenvalue weighted by molar-refractivity contribution is 0.0893. The van der Waals surface area contributed by atoms with Crippen LogP contribution in [0, 0.1) is 0 Å². The van der Waals surface area contributed by atoms with Crippen LogP contribution in [0.15, 0.2) is 66.7 Å². The number of amides is 2. The second-order valence-corrected chi connectivity index (χ2v) is 9.99. The number of rotatable bonds is 2. The van der Waals surface area contributed by atoms with Crippen molar-refractivity contribution in [2.75, 3.05) is 10.6 Å². The molecule has 8 nitrogen and oxygen atoms in total. The predicted molar refractivity (Wildman–Crippen MR) is 139 cm³/mol. The highest BCUT2D eigenvalue weighted by molar-refractivity contribution is 6.36. The number of fused-ring (bicyclic) bond motifs is 1. The molecule has 8 heteroatoms. The molecule has 0 radical (unpaired) electrons. The highest BCUT2D eigenvalue weighted by atomic mass is 16.3. The molecule has 1 aromatic heterocycles. The van der Waals surface area contributed by atoms with Gasteiger partial charge in [-0.2, -0.15) is 0 Å². The molecule has 2 heterocycles. The van der Waals surface area contributed by atoms with Crippen molar-refractivity contribution in [3.8, 4) is 11.4 Å². The van der Waals surface area contributed by atoms with Gasteiger partial charge >= 0.3 is 0 Å². The van der Waals surface area contributed by atoms with E-state index < -0.39 is 11.8 Å². The number of benzene rings is 4. The first-order valence-corrected chi connectivity index (χ1v) is 11.5. The smallest absolute Gasteiger partial charge is 0.265 e. The summed E-state index contributed by atoms with van der Waals surface area (Å²) in [5.41, 5.74) is 10.2. The average Bonchev–Trinajstić information content (AvgIpc) is 3.26. The number of carbonyl (C=O) groups is 2. The van der Waals surface area contributed by atoms with Gasteiger partial charge in [-0.15, -0.1) is 15.0 Å². The lowest BCUT2D eigenvalue weighted by Crippen LogP contribution is -2.40. The van der Waals surface area contributed by atoms with Crippen LogP contribution in [0.1, 0.15) is 47.1 Å². The van der Waals surface area contributed by atoms with Crippen molar-refractivity contribution in [3.05, 3.63) is 83.4 Å². The summed E-state index contributed by atoms with van der Waals surface area (Å²) in [5, 5.41) is 20.8. The van der Waals surface area contributed by atoms with Crippen molar-refractivity contribution in [3.63, 3.8) is 0 Å². The van der Waals surface area contributed by atoms with Gasteiger partial charge in [-0.05, 0) is 59.5 Å². The zero-order chi connectivity index (χ0) is 25.4. The Balaban J connectivity index is 1.45. The van der Waals surface area contributed by atoms with Gasteiger partial charge in [0.1, 0.15) is 22.5 Å². The molecule has 0 bridgehead atoms. The highest BCUT2D eigenvalue weighted by Crippen LogP contribution is 2.36. The standard InChI is InChI=1S/C28H23N5O3/c1-28(2,3)15-7-12-24(34)23(13-15)33-30-21-11-8-16(14-22(21)31-33)32-26(35)18-6-4-5-17-20(29)10-9-19(25(17)18)27(32)36/h4-14,34H,29H2,1-3H3. The van der Waals surface area contributed by atoms with Crippen LogP contribution in [0.5, 0.6) is 5.75 Å². The summed E-state index contributed by atoms with van der Waals surface area (Å²) in [5.74, 6) is -0.800. The molecule has 0 fully saturated rings. The molecule has 6 rings (SSSR count). The van der Waals surface area contributed by atoms with E-state index in [0.29, 0.717) is 50.0 Å². The summed E-state index contributed by atoms with van der Waals surface area (Å²) >= 11 is 0. The Morgan fingerprint density at radius 3 is 2.31 bits per heavy atom. The van der Waals surface area contributed by atoms with E-state index in [1.165, 1.54) is 4.80 Å². The molecule has 178 valence electrons. The van der Waals surface area contributed by atoms with E-state index in [0.717, 1.165) is 10.5 Å². The molecule has 2 amide bonds. The second-order valence-electron chi connectivity index (χ2n) is 9.99. The molecule has 1 aliphatic rings. The minimum Gasteiger partial charge on any atom is -0.506 e. The van der Waals surface area contributed by atoms with Crippen LogP contribution in [-0.4, -0.2) is 31.9 Å². The zero-order valence-corrected chi connectivity index (χ0v) is 20.0. The predicted octanol–water partition coefficient (Wildman–Crippen LogP) is 4.96. The summed E-state index contributed by atoms with van der Waals surface area (Å²) in [4.78, 5) is 29.4. The number of phenols is 1. The van der Waals surface area contributed by atoms with Gasteiger partial charge in [-0.3, -0.25) is 9.59 Å². The molecule has 0 saturated heterocycles. The van der Waals surface area contributed by atoms with Gasteiger partial charge in [0.15, 0.2) is 0 Å². The van der Waals surface area contributed by atoms with Crippen LogP contribution in [0.3, 0.4) is 0 Å². The first-order valence-electron chi connectivity index (χ1n) is 11.5. The van der Waals surface area contributed by atoms with Gasteiger partial charge in [0.2, 0.25) is 0 Å². The third-order valence-corrected chi connectivity index (χ3v) is 6.62. The fourth-order valence-corrected chi connectivity index (χ4v) is 4.65. The van der Waals surface area contributed by atoms with Gasteiger partial charge in [0, 0.05) is 27.6 Å². The van der Waals surface area contributed by atoms with E-state index in [9.17, 15) is 14.7 Å². The summed E-state index contributed by atoms with van der Waals surface area (Å²) < 4.78 is 0. The van der Waals surface area contributed by atoms with E-state index in [-0.39, 0.29) is 11.2 Å². The normalized spacial score (nSPS) is 13.7. The monoisotopic (exact) mass is 477 g/mol. The van der Waals surface area contributed by atoms with Crippen molar-refractivity contribution in [2.24, 2.45) is 0 Å². The van der Waals surface area contributed by atoms with Gasteiger partial charge < -0.3 is 10.8 Å². The third-order valence-electron chi connectivity index (χ3n) is 6.62. The number of carbonyl (C=O) groups excluding carboxylic acids is 2. The number of imide groups is 1. The molecule has 0 unspecified atom stereocenters. The van der Waals surface area contributed by atoms with Crippen LogP contribution in [0.4, 0.5) is 11.4 Å². The average molecular weight is 478 g/mol. The lowest BCUT2D eigenvalue weighted by atomic mass is 9.87. The topological polar surface area (TPSA) is 114 Å². The fraction of sp³-hybridized carbons (Fsp3) is 0.143. The van der Waals surface area contributed by atoms with Crippen molar-refractivity contribution >= 4 is 45.0 Å². The van der Waals surface area contributed by atoms with Crippen LogP contribution in [0.2, 0.25) is 0 Å². The number of nitrogens with two attached hydrogens (primary N) is 1. The Labute approximate surface area is 206 Å². The van der Waals surface area contributed by atoms with Gasteiger partial charge in [0.25, 0.3) is 11.8 Å². The molecular formula is C28H23N5O3. The first-order chi connectivity index (χ1) is 17.1. The van der Waals surface area contributed by atoms with E-state index in [1.807, 2.05) is 18.2 Å². The minimum atomic E-state index is -0.425. The number of hydrogen-bond donors (Lipinski definition) is 2. The summed E-state index contributed by atoms with van der Waals surface area (Å²) in [6.07, 6.45) is 0. The molecule has 4 aromatic carbocycles. The Bertz CT molecular complexity index is 1720. The summed E-state index contributed by atoms with van der Waals surface area (Å²) in [6, 6.07) is 19.0. The molecule has 36 heavy (non-hydrogen) atoms. The Hall–Kier alpha value is -4.72. The number of phenolic OH excluding ortho intramolecular Hbond substituents is 1. The van der Waals surface area contributed by atoms with E-state index in [4.69, 9.17) is 5.73 Å². The summed E-state index contributed by atoms with van der Waals surface area (Å²) in [7, 11) is 0. The fourth-order valence-electron chi connectivity index (χ4n) is 4.65. The largest absolute Gasteiger partial charge is 0.506 e. The minimum absolute atomic E-state index is 0.0499. The van der Waals surface area contributed by atoms with E-state index in [2.05, 4.69) is 31.0 Å². The molecule has 0 saturated carbocycles. The maximum Gasteiger partial charge on any atom is 0.265 e. The second kappa shape index (κ2) is 7.39. The number of hydrogen-bond acceptors (Lipinski definition) is 6. The van der Waals surface area contributed by atoms with Crippen LogP contribution < -0.4 is 10.6 Å². The van der Waals surface area contributed by atoms with Crippen LogP contribution >= 0.6 is 0 Å².